The second-order valence-corrected chi connectivity index (χ2v) is 4.76. The van der Waals surface area contributed by atoms with Gasteiger partial charge in [0.1, 0.15) is 0 Å². The predicted molar refractivity (Wildman–Crippen MR) is 63.6 cm³/mol. The second kappa shape index (κ2) is 3.31. The van der Waals surface area contributed by atoms with E-state index >= 15 is 0 Å². The van der Waals surface area contributed by atoms with E-state index in [2.05, 4.69) is 35.0 Å². The Hall–Kier alpha value is -0.540. The van der Waals surface area contributed by atoms with Gasteiger partial charge in [-0.2, -0.15) is 0 Å². The minimum Gasteiger partial charge on any atom is -0.391 e. The molecule has 2 aromatic rings. The number of alkyl halides is 1. The van der Waals surface area contributed by atoms with Gasteiger partial charge in [-0.05, 0) is 35.6 Å². The number of nitrogens with two attached hydrogens (primary N) is 1. The minimum atomic E-state index is 0.893. The number of halogens is 1. The molecule has 2 N–H and O–H groups in total. The van der Waals surface area contributed by atoms with Crippen molar-refractivity contribution in [1.29, 1.82) is 0 Å². The first kappa shape index (κ1) is 9.03. The van der Waals surface area contributed by atoms with Crippen LogP contribution in [-0.4, -0.2) is 0 Å². The molecule has 1 heterocycles. The first-order valence-corrected chi connectivity index (χ1v) is 5.99. The summed E-state index contributed by atoms with van der Waals surface area (Å²) < 4.78 is 1.31. The fourth-order valence-corrected chi connectivity index (χ4v) is 2.70. The van der Waals surface area contributed by atoms with E-state index in [4.69, 9.17) is 5.73 Å². The maximum Gasteiger partial charge on any atom is 0.0868 e. The van der Waals surface area contributed by atoms with Crippen LogP contribution < -0.4 is 5.73 Å². The molecule has 0 radical (unpaired) electrons. The lowest BCUT2D eigenvalue weighted by molar-refractivity contribution is 1.42. The maximum absolute atomic E-state index is 5.76. The van der Waals surface area contributed by atoms with E-state index in [1.54, 1.807) is 11.3 Å². The van der Waals surface area contributed by atoms with E-state index in [1.165, 1.54) is 21.2 Å². The molecule has 2 rings (SSSR count). The van der Waals surface area contributed by atoms with Gasteiger partial charge in [-0.25, -0.2) is 0 Å². The number of thiophene rings is 1. The highest BCUT2D eigenvalue weighted by Gasteiger charge is 2.03. The SMILES string of the molecule is Cc1cc(CBr)cc2cc(N)sc12. The number of hydrogen-bond donors (Lipinski definition) is 1. The zero-order valence-electron chi connectivity index (χ0n) is 7.30. The standard InChI is InChI=1S/C10H10BrNS/c1-6-2-7(5-11)3-8-4-9(12)13-10(6)8/h2-4H,5,12H2,1H3. The normalized spacial score (nSPS) is 10.9. The van der Waals surface area contributed by atoms with Gasteiger partial charge in [0.25, 0.3) is 0 Å². The van der Waals surface area contributed by atoms with E-state index in [0.29, 0.717) is 0 Å². The number of benzene rings is 1. The summed E-state index contributed by atoms with van der Waals surface area (Å²) in [5.74, 6) is 0. The molecule has 0 saturated heterocycles. The van der Waals surface area contributed by atoms with E-state index in [1.807, 2.05) is 6.07 Å². The van der Waals surface area contributed by atoms with Crippen molar-refractivity contribution in [2.45, 2.75) is 12.3 Å². The van der Waals surface area contributed by atoms with Crippen molar-refractivity contribution in [3.8, 4) is 0 Å². The van der Waals surface area contributed by atoms with Gasteiger partial charge in [-0.15, -0.1) is 11.3 Å². The predicted octanol–water partition coefficient (Wildman–Crippen LogP) is 3.69. The summed E-state index contributed by atoms with van der Waals surface area (Å²) >= 11 is 5.12. The molecule has 1 nitrogen and oxygen atoms in total. The summed E-state index contributed by atoms with van der Waals surface area (Å²) in [5.41, 5.74) is 8.38. The molecule has 68 valence electrons. The van der Waals surface area contributed by atoms with Crippen molar-refractivity contribution in [3.63, 3.8) is 0 Å². The summed E-state index contributed by atoms with van der Waals surface area (Å²) in [6, 6.07) is 6.43. The fourth-order valence-electron chi connectivity index (χ4n) is 1.50. The second-order valence-electron chi connectivity index (χ2n) is 3.11. The molecular formula is C10H10BrNS. The number of anilines is 1. The molecule has 0 aliphatic rings. The molecule has 0 bridgehead atoms. The lowest BCUT2D eigenvalue weighted by Crippen LogP contribution is -1.79. The van der Waals surface area contributed by atoms with Gasteiger partial charge in [0.2, 0.25) is 0 Å². The van der Waals surface area contributed by atoms with Crippen molar-refractivity contribution < 1.29 is 0 Å². The third kappa shape index (κ3) is 1.58. The molecule has 0 atom stereocenters. The maximum atomic E-state index is 5.76. The van der Waals surface area contributed by atoms with Gasteiger partial charge in [0.15, 0.2) is 0 Å². The van der Waals surface area contributed by atoms with Gasteiger partial charge >= 0.3 is 0 Å². The zero-order valence-corrected chi connectivity index (χ0v) is 9.71. The number of fused-ring (bicyclic) bond motifs is 1. The van der Waals surface area contributed by atoms with Crippen LogP contribution in [0.15, 0.2) is 18.2 Å². The molecule has 1 aromatic carbocycles. The number of rotatable bonds is 1. The summed E-state index contributed by atoms with van der Waals surface area (Å²) in [6.45, 7) is 2.13. The fraction of sp³-hybridized carbons (Fsp3) is 0.200. The largest absolute Gasteiger partial charge is 0.391 e. The summed E-state index contributed by atoms with van der Waals surface area (Å²) in [5, 5.41) is 3.06. The van der Waals surface area contributed by atoms with Gasteiger partial charge in [-0.3, -0.25) is 0 Å². The van der Waals surface area contributed by atoms with Gasteiger partial charge in [-0.1, -0.05) is 22.0 Å². The van der Waals surface area contributed by atoms with Crippen LogP contribution in [0.25, 0.3) is 10.1 Å². The first-order valence-electron chi connectivity index (χ1n) is 4.05. The average molecular weight is 256 g/mol. The van der Waals surface area contributed by atoms with Gasteiger partial charge < -0.3 is 5.73 Å². The van der Waals surface area contributed by atoms with Crippen molar-refractivity contribution in [2.24, 2.45) is 0 Å². The van der Waals surface area contributed by atoms with Crippen LogP contribution in [-0.2, 0) is 5.33 Å². The lowest BCUT2D eigenvalue weighted by atomic mass is 10.1. The van der Waals surface area contributed by atoms with Crippen LogP contribution in [0, 0.1) is 6.92 Å². The Morgan fingerprint density at radius 1 is 1.38 bits per heavy atom. The third-order valence-corrected chi connectivity index (χ3v) is 3.80. The molecular weight excluding hydrogens is 246 g/mol. The summed E-state index contributed by atoms with van der Waals surface area (Å²) in [7, 11) is 0. The number of aryl methyl sites for hydroxylation is 1. The Balaban J connectivity index is 2.75. The Morgan fingerprint density at radius 3 is 2.85 bits per heavy atom. The molecule has 0 unspecified atom stereocenters. The van der Waals surface area contributed by atoms with Crippen LogP contribution >= 0.6 is 27.3 Å². The molecule has 0 spiro atoms. The van der Waals surface area contributed by atoms with E-state index in [-0.39, 0.29) is 0 Å². The highest BCUT2D eigenvalue weighted by Crippen LogP contribution is 2.31. The Labute approximate surface area is 89.7 Å². The van der Waals surface area contributed by atoms with Crippen LogP contribution in [0.2, 0.25) is 0 Å². The molecule has 0 fully saturated rings. The Kier molecular flexibility index (Phi) is 2.30. The van der Waals surface area contributed by atoms with Crippen LogP contribution in [0.3, 0.4) is 0 Å². The topological polar surface area (TPSA) is 26.0 Å². The van der Waals surface area contributed by atoms with Crippen molar-refractivity contribution in [1.82, 2.24) is 0 Å². The van der Waals surface area contributed by atoms with Crippen molar-refractivity contribution in [3.05, 3.63) is 29.3 Å². The van der Waals surface area contributed by atoms with Gasteiger partial charge in [0, 0.05) is 10.0 Å². The zero-order chi connectivity index (χ0) is 9.42. The number of hydrogen-bond acceptors (Lipinski definition) is 2. The van der Waals surface area contributed by atoms with E-state index in [9.17, 15) is 0 Å². The molecule has 0 saturated carbocycles. The number of nitrogen functional groups attached to an aromatic ring is 1. The first-order chi connectivity index (χ1) is 6.20. The molecule has 13 heavy (non-hydrogen) atoms. The minimum absolute atomic E-state index is 0.893. The smallest absolute Gasteiger partial charge is 0.0868 e. The van der Waals surface area contributed by atoms with Crippen molar-refractivity contribution >= 4 is 42.4 Å². The Bertz CT molecular complexity index is 447. The highest BCUT2D eigenvalue weighted by molar-refractivity contribution is 9.08. The molecule has 1 aromatic heterocycles. The highest BCUT2D eigenvalue weighted by atomic mass is 79.9. The summed E-state index contributed by atoms with van der Waals surface area (Å²) in [4.78, 5) is 0. The molecule has 0 aliphatic heterocycles. The van der Waals surface area contributed by atoms with E-state index < -0.39 is 0 Å². The lowest BCUT2D eigenvalue weighted by Gasteiger charge is -1.99. The third-order valence-electron chi connectivity index (χ3n) is 2.04. The van der Waals surface area contributed by atoms with Crippen LogP contribution in [0.5, 0.6) is 0 Å². The molecule has 3 heteroatoms. The quantitative estimate of drug-likeness (QED) is 0.774. The average Bonchev–Trinajstić information content (AvgIpc) is 2.46. The Morgan fingerprint density at radius 2 is 2.15 bits per heavy atom. The summed E-state index contributed by atoms with van der Waals surface area (Å²) in [6.07, 6.45) is 0. The van der Waals surface area contributed by atoms with E-state index in [0.717, 1.165) is 10.3 Å². The molecule has 0 aliphatic carbocycles. The van der Waals surface area contributed by atoms with Crippen molar-refractivity contribution in [2.75, 3.05) is 5.73 Å². The van der Waals surface area contributed by atoms with Gasteiger partial charge in [0.05, 0.1) is 5.00 Å². The molecule has 0 amide bonds. The van der Waals surface area contributed by atoms with Crippen LogP contribution in [0.1, 0.15) is 11.1 Å². The monoisotopic (exact) mass is 255 g/mol. The van der Waals surface area contributed by atoms with Crippen LogP contribution in [0.4, 0.5) is 5.00 Å².